The maximum Gasteiger partial charge on any atom is 0.260 e. The van der Waals surface area contributed by atoms with Crippen molar-refractivity contribution >= 4 is 23.2 Å². The molecule has 0 radical (unpaired) electrons. The van der Waals surface area contributed by atoms with Gasteiger partial charge in [-0.25, -0.2) is 4.39 Å². The number of carbonyl (C=O) groups excluding carboxylic acids is 1. The van der Waals surface area contributed by atoms with Gasteiger partial charge in [0, 0.05) is 5.69 Å². The molecular formula is C19H13ClFNO2. The van der Waals surface area contributed by atoms with E-state index in [0.29, 0.717) is 17.2 Å². The Labute approximate surface area is 143 Å². The minimum atomic E-state index is -0.663. The standard InChI is InChI=1S/C19H13ClFNO2/c20-16-7-4-8-17(21)18(16)19(23)22-13-9-11-15(12-10-13)24-14-5-2-1-3-6-14/h1-12H,(H,22,23). The third-order valence-electron chi connectivity index (χ3n) is 3.28. The summed E-state index contributed by atoms with van der Waals surface area (Å²) >= 11 is 5.89. The molecule has 3 nitrogen and oxygen atoms in total. The Morgan fingerprint density at radius 1 is 0.875 bits per heavy atom. The van der Waals surface area contributed by atoms with Gasteiger partial charge in [-0.3, -0.25) is 4.79 Å². The number of nitrogens with one attached hydrogen (secondary N) is 1. The molecule has 0 spiro atoms. The van der Waals surface area contributed by atoms with Gasteiger partial charge in [0.2, 0.25) is 0 Å². The minimum Gasteiger partial charge on any atom is -0.457 e. The first-order valence-corrected chi connectivity index (χ1v) is 7.59. The van der Waals surface area contributed by atoms with Crippen molar-refractivity contribution in [1.82, 2.24) is 0 Å². The maximum absolute atomic E-state index is 13.7. The second-order valence-corrected chi connectivity index (χ2v) is 5.40. The second-order valence-electron chi connectivity index (χ2n) is 4.99. The van der Waals surface area contributed by atoms with Crippen molar-refractivity contribution in [3.8, 4) is 11.5 Å². The van der Waals surface area contributed by atoms with Gasteiger partial charge in [-0.1, -0.05) is 35.9 Å². The first kappa shape index (κ1) is 16.0. The smallest absolute Gasteiger partial charge is 0.260 e. The summed E-state index contributed by atoms with van der Waals surface area (Å²) in [7, 11) is 0. The molecule has 0 saturated carbocycles. The van der Waals surface area contributed by atoms with Crippen LogP contribution in [-0.4, -0.2) is 5.91 Å². The van der Waals surface area contributed by atoms with Crippen LogP contribution >= 0.6 is 11.6 Å². The van der Waals surface area contributed by atoms with Crippen LogP contribution in [0.15, 0.2) is 72.8 Å². The van der Waals surface area contributed by atoms with E-state index in [9.17, 15) is 9.18 Å². The zero-order valence-electron chi connectivity index (χ0n) is 12.5. The van der Waals surface area contributed by atoms with E-state index in [0.717, 1.165) is 0 Å². The summed E-state index contributed by atoms with van der Waals surface area (Å²) in [6, 6.07) is 20.2. The highest BCUT2D eigenvalue weighted by Crippen LogP contribution is 2.24. The zero-order valence-corrected chi connectivity index (χ0v) is 13.3. The average molecular weight is 342 g/mol. The third kappa shape index (κ3) is 3.73. The maximum atomic E-state index is 13.7. The molecule has 1 N–H and O–H groups in total. The number of para-hydroxylation sites is 1. The molecular weight excluding hydrogens is 329 g/mol. The Hall–Kier alpha value is -2.85. The summed E-state index contributed by atoms with van der Waals surface area (Å²) in [5.74, 6) is 0.0782. The zero-order chi connectivity index (χ0) is 16.9. The number of hydrogen-bond donors (Lipinski definition) is 1. The topological polar surface area (TPSA) is 38.3 Å². The first-order valence-electron chi connectivity index (χ1n) is 7.22. The summed E-state index contributed by atoms with van der Waals surface area (Å²) in [5.41, 5.74) is 0.337. The lowest BCUT2D eigenvalue weighted by atomic mass is 10.2. The van der Waals surface area contributed by atoms with Gasteiger partial charge in [0.05, 0.1) is 10.6 Å². The first-order chi connectivity index (χ1) is 11.6. The Balaban J connectivity index is 1.71. The van der Waals surface area contributed by atoms with Crippen molar-refractivity contribution in [3.63, 3.8) is 0 Å². The van der Waals surface area contributed by atoms with E-state index in [1.165, 1.54) is 18.2 Å². The molecule has 3 aromatic carbocycles. The molecule has 0 fully saturated rings. The number of carbonyl (C=O) groups is 1. The molecule has 1 amide bonds. The van der Waals surface area contributed by atoms with E-state index in [4.69, 9.17) is 16.3 Å². The van der Waals surface area contributed by atoms with Gasteiger partial charge in [-0.2, -0.15) is 0 Å². The van der Waals surface area contributed by atoms with Crippen molar-refractivity contribution in [2.24, 2.45) is 0 Å². The average Bonchev–Trinajstić information content (AvgIpc) is 2.57. The van der Waals surface area contributed by atoms with E-state index in [1.807, 2.05) is 30.3 Å². The fourth-order valence-electron chi connectivity index (χ4n) is 2.14. The predicted molar refractivity (Wildman–Crippen MR) is 92.3 cm³/mol. The van der Waals surface area contributed by atoms with Crippen LogP contribution in [0.5, 0.6) is 11.5 Å². The molecule has 5 heteroatoms. The largest absolute Gasteiger partial charge is 0.457 e. The van der Waals surface area contributed by atoms with Crippen molar-refractivity contribution in [2.45, 2.75) is 0 Å². The molecule has 0 bridgehead atoms. The van der Waals surface area contributed by atoms with Gasteiger partial charge < -0.3 is 10.1 Å². The molecule has 24 heavy (non-hydrogen) atoms. The van der Waals surface area contributed by atoms with Crippen LogP contribution < -0.4 is 10.1 Å². The van der Waals surface area contributed by atoms with Gasteiger partial charge in [-0.15, -0.1) is 0 Å². The van der Waals surface area contributed by atoms with E-state index in [1.54, 1.807) is 24.3 Å². The lowest BCUT2D eigenvalue weighted by molar-refractivity contribution is 0.102. The number of halogens is 2. The van der Waals surface area contributed by atoms with Crippen LogP contribution in [-0.2, 0) is 0 Å². The van der Waals surface area contributed by atoms with Crippen molar-refractivity contribution in [3.05, 3.63) is 89.2 Å². The van der Waals surface area contributed by atoms with E-state index >= 15 is 0 Å². The van der Waals surface area contributed by atoms with Crippen LogP contribution in [0.3, 0.4) is 0 Å². The molecule has 120 valence electrons. The monoisotopic (exact) mass is 341 g/mol. The highest BCUT2D eigenvalue weighted by molar-refractivity contribution is 6.34. The Bertz CT molecular complexity index is 831. The number of rotatable bonds is 4. The predicted octanol–water partition coefficient (Wildman–Crippen LogP) is 5.52. The van der Waals surface area contributed by atoms with E-state index in [-0.39, 0.29) is 10.6 Å². The van der Waals surface area contributed by atoms with Crippen LogP contribution in [0.1, 0.15) is 10.4 Å². The molecule has 0 unspecified atom stereocenters. The summed E-state index contributed by atoms with van der Waals surface area (Å²) in [4.78, 5) is 12.2. The Morgan fingerprint density at radius 3 is 2.21 bits per heavy atom. The molecule has 0 atom stereocenters. The summed E-state index contributed by atoms with van der Waals surface area (Å²) in [5, 5.41) is 2.68. The summed E-state index contributed by atoms with van der Waals surface area (Å²) < 4.78 is 19.4. The quantitative estimate of drug-likeness (QED) is 0.678. The van der Waals surface area contributed by atoms with Gasteiger partial charge in [0.1, 0.15) is 17.3 Å². The number of ether oxygens (including phenoxy) is 1. The van der Waals surface area contributed by atoms with Crippen molar-refractivity contribution in [1.29, 1.82) is 0 Å². The van der Waals surface area contributed by atoms with Crippen LogP contribution in [0.4, 0.5) is 10.1 Å². The summed E-state index contributed by atoms with van der Waals surface area (Å²) in [6.45, 7) is 0. The van der Waals surface area contributed by atoms with Gasteiger partial charge >= 0.3 is 0 Å². The van der Waals surface area contributed by atoms with Crippen molar-refractivity contribution in [2.75, 3.05) is 5.32 Å². The molecule has 0 aliphatic rings. The van der Waals surface area contributed by atoms with Crippen LogP contribution in [0.25, 0.3) is 0 Å². The van der Waals surface area contributed by atoms with E-state index in [2.05, 4.69) is 5.32 Å². The molecule has 3 aromatic rings. The molecule has 3 rings (SSSR count). The highest BCUT2D eigenvalue weighted by Gasteiger charge is 2.15. The molecule has 0 aromatic heterocycles. The van der Waals surface area contributed by atoms with Gasteiger partial charge in [0.15, 0.2) is 0 Å². The lowest BCUT2D eigenvalue weighted by Gasteiger charge is -2.09. The number of hydrogen-bond acceptors (Lipinski definition) is 2. The number of anilines is 1. The SMILES string of the molecule is O=C(Nc1ccc(Oc2ccccc2)cc1)c1c(F)cccc1Cl. The Morgan fingerprint density at radius 2 is 1.54 bits per heavy atom. The number of amides is 1. The van der Waals surface area contributed by atoms with Gasteiger partial charge in [0.25, 0.3) is 5.91 Å². The van der Waals surface area contributed by atoms with Crippen molar-refractivity contribution < 1.29 is 13.9 Å². The lowest BCUT2D eigenvalue weighted by Crippen LogP contribution is -2.14. The molecule has 0 heterocycles. The minimum absolute atomic E-state index is 0.0662. The van der Waals surface area contributed by atoms with E-state index < -0.39 is 11.7 Å². The van der Waals surface area contributed by atoms with Crippen LogP contribution in [0.2, 0.25) is 5.02 Å². The molecule has 0 aliphatic carbocycles. The van der Waals surface area contributed by atoms with Gasteiger partial charge in [-0.05, 0) is 48.5 Å². The van der Waals surface area contributed by atoms with Crippen LogP contribution in [0, 0.1) is 5.82 Å². The number of benzene rings is 3. The summed E-state index contributed by atoms with van der Waals surface area (Å²) in [6.07, 6.45) is 0. The molecule has 0 saturated heterocycles. The highest BCUT2D eigenvalue weighted by atomic mass is 35.5. The Kier molecular flexibility index (Phi) is 4.77. The normalized spacial score (nSPS) is 10.2. The second kappa shape index (κ2) is 7.15. The molecule has 0 aliphatic heterocycles. The fraction of sp³-hybridized carbons (Fsp3) is 0. The third-order valence-corrected chi connectivity index (χ3v) is 3.60. The fourth-order valence-corrected chi connectivity index (χ4v) is 2.39.